The van der Waals surface area contributed by atoms with Crippen LogP contribution in [0.25, 0.3) is 0 Å². The Morgan fingerprint density at radius 2 is 1.59 bits per heavy atom. The highest BCUT2D eigenvalue weighted by Gasteiger charge is 2.70. The van der Waals surface area contributed by atoms with Crippen LogP contribution in [0.15, 0.2) is 24.3 Å². The summed E-state index contributed by atoms with van der Waals surface area (Å²) in [5, 5.41) is 13.1. The molecule has 1 amide bonds. The number of amides is 1. The highest BCUT2D eigenvalue weighted by molar-refractivity contribution is 7.91. The largest absolute Gasteiger partial charge is 0.478 e. The first-order chi connectivity index (χ1) is 22.9. The van der Waals surface area contributed by atoms with Crippen LogP contribution in [0.1, 0.15) is 106 Å². The monoisotopic (exact) mass is 699 g/mol. The van der Waals surface area contributed by atoms with Crippen molar-refractivity contribution in [3.63, 3.8) is 0 Å². The molecule has 0 unspecified atom stereocenters. The third-order valence-electron chi connectivity index (χ3n) is 16.3. The van der Waals surface area contributed by atoms with Gasteiger partial charge in [-0.1, -0.05) is 32.9 Å². The van der Waals surface area contributed by atoms with Gasteiger partial charge in [0.1, 0.15) is 0 Å². The van der Waals surface area contributed by atoms with E-state index < -0.39 is 15.8 Å². The summed E-state index contributed by atoms with van der Waals surface area (Å²) in [4.78, 5) is 28.7. The van der Waals surface area contributed by atoms with E-state index in [0.717, 1.165) is 45.0 Å². The Balaban J connectivity index is 1.18. The number of allylic oxidation sites excluding steroid dienone is 1. The Morgan fingerprint density at radius 1 is 0.878 bits per heavy atom. The van der Waals surface area contributed by atoms with Gasteiger partial charge in [0.15, 0.2) is 9.84 Å². The van der Waals surface area contributed by atoms with E-state index in [9.17, 15) is 18.0 Å². The molecule has 276 valence electrons. The van der Waals surface area contributed by atoms with E-state index in [4.69, 9.17) is 5.11 Å². The van der Waals surface area contributed by atoms with Crippen LogP contribution in [-0.4, -0.2) is 91.5 Å². The Bertz CT molecular complexity index is 1440. The van der Waals surface area contributed by atoms with Crippen molar-refractivity contribution in [2.45, 2.75) is 111 Å². The molecule has 2 aliphatic heterocycles. The van der Waals surface area contributed by atoms with Gasteiger partial charge >= 0.3 is 5.97 Å². The first-order valence-corrected chi connectivity index (χ1v) is 21.2. The lowest BCUT2D eigenvalue weighted by Gasteiger charge is -2.73. The SMILES string of the molecule is C=C(C)[C@@H]1CC[C@]2(CNCCCN3CCS(=O)(=O)CC3)CC[C@]3(C)[C@H](CC[C@@H]4[C@@]5(C)CCN(C(=O)/C=C/C(=O)O)C(C)(C)[C@@H]5CC[C@]43C)[C@@H]12. The zero-order valence-electron chi connectivity index (χ0n) is 31.4. The van der Waals surface area contributed by atoms with Crippen molar-refractivity contribution in [3.05, 3.63) is 24.3 Å². The van der Waals surface area contributed by atoms with Gasteiger partial charge in [0.05, 0.1) is 11.5 Å². The van der Waals surface area contributed by atoms with E-state index in [2.05, 4.69) is 58.3 Å². The van der Waals surface area contributed by atoms with Crippen LogP contribution in [0, 0.1) is 51.2 Å². The standard InChI is InChI=1S/C40H65N3O5S/c1-28(2)29-13-16-40(27-41-20-8-21-42-23-25-49(47,48)26-24-42)18-17-38(6)30(35(29)40)9-10-32-37(5)19-22-43(33(44)11-12-34(45)46)36(3,4)31(37)14-15-39(32,38)7/h11-12,29-32,35,41H,1,8-10,13-27H2,2-7H3,(H,45,46)/b12-11+/t29-,30+,31-,32+,35+,37-,38+,39+,40+/m0/s1. The van der Waals surface area contributed by atoms with E-state index in [-0.39, 0.29) is 27.7 Å². The number of sulfone groups is 1. The molecule has 4 saturated carbocycles. The molecule has 2 heterocycles. The fourth-order valence-corrected chi connectivity index (χ4v) is 14.9. The molecule has 0 bridgehead atoms. The number of nitrogens with one attached hydrogen (secondary N) is 1. The predicted octanol–water partition coefficient (Wildman–Crippen LogP) is 6.19. The molecule has 6 aliphatic rings. The van der Waals surface area contributed by atoms with Crippen molar-refractivity contribution in [2.24, 2.45) is 51.2 Å². The maximum Gasteiger partial charge on any atom is 0.328 e. The molecule has 0 aromatic carbocycles. The number of fused-ring (bicyclic) bond motifs is 7. The van der Waals surface area contributed by atoms with Gasteiger partial charge < -0.3 is 20.2 Å². The van der Waals surface area contributed by atoms with Crippen LogP contribution < -0.4 is 5.32 Å². The highest BCUT2D eigenvalue weighted by atomic mass is 32.2. The number of carboxylic acid groups (broad SMARTS) is 1. The number of rotatable bonds is 9. The van der Waals surface area contributed by atoms with Crippen LogP contribution in [0.4, 0.5) is 0 Å². The summed E-state index contributed by atoms with van der Waals surface area (Å²) < 4.78 is 23.7. The quantitative estimate of drug-likeness (QED) is 0.168. The average Bonchev–Trinajstić information content (AvgIpc) is 3.40. The van der Waals surface area contributed by atoms with E-state index in [0.29, 0.717) is 66.1 Å². The van der Waals surface area contributed by atoms with E-state index in [1.54, 1.807) is 0 Å². The first kappa shape index (κ1) is 37.1. The fourth-order valence-electron chi connectivity index (χ4n) is 13.7. The number of hydrogen-bond donors (Lipinski definition) is 2. The van der Waals surface area contributed by atoms with E-state index in [1.165, 1.54) is 56.6 Å². The van der Waals surface area contributed by atoms with Gasteiger partial charge in [0.25, 0.3) is 0 Å². The molecule has 0 aromatic rings. The minimum absolute atomic E-state index is 0.135. The van der Waals surface area contributed by atoms with Crippen LogP contribution in [-0.2, 0) is 19.4 Å². The first-order valence-electron chi connectivity index (χ1n) is 19.4. The minimum atomic E-state index is -2.84. The van der Waals surface area contributed by atoms with Crippen molar-refractivity contribution >= 4 is 21.7 Å². The molecule has 49 heavy (non-hydrogen) atoms. The van der Waals surface area contributed by atoms with Crippen LogP contribution in [0.5, 0.6) is 0 Å². The van der Waals surface area contributed by atoms with Crippen molar-refractivity contribution in [1.29, 1.82) is 0 Å². The summed E-state index contributed by atoms with van der Waals surface area (Å²) in [5.41, 5.74) is 1.98. The molecule has 9 heteroatoms. The molecule has 6 fully saturated rings. The summed E-state index contributed by atoms with van der Waals surface area (Å²) in [6.45, 7) is 24.3. The Hall–Kier alpha value is -1.71. The Labute approximate surface area is 296 Å². The summed E-state index contributed by atoms with van der Waals surface area (Å²) >= 11 is 0. The molecule has 4 aliphatic carbocycles. The second-order valence-electron chi connectivity index (χ2n) is 18.6. The van der Waals surface area contributed by atoms with Gasteiger partial charge in [0.2, 0.25) is 5.91 Å². The molecular formula is C40H65N3O5S. The molecule has 0 aromatic heterocycles. The second-order valence-corrected chi connectivity index (χ2v) is 20.9. The number of carbonyl (C=O) groups excluding carboxylic acids is 1. The van der Waals surface area contributed by atoms with Crippen molar-refractivity contribution in [1.82, 2.24) is 15.1 Å². The van der Waals surface area contributed by atoms with Gasteiger partial charge in [-0.25, -0.2) is 13.2 Å². The zero-order chi connectivity index (χ0) is 35.6. The fraction of sp³-hybridized carbons (Fsp3) is 0.850. The van der Waals surface area contributed by atoms with Crippen molar-refractivity contribution < 1.29 is 23.1 Å². The number of piperidine rings is 1. The summed E-state index contributed by atoms with van der Waals surface area (Å²) in [6.07, 6.45) is 14.2. The van der Waals surface area contributed by atoms with Crippen LogP contribution >= 0.6 is 0 Å². The number of hydrogen-bond acceptors (Lipinski definition) is 6. The molecule has 0 radical (unpaired) electrons. The van der Waals surface area contributed by atoms with Gasteiger partial charge in [-0.3, -0.25) is 4.79 Å². The lowest BCUT2D eigenvalue weighted by molar-refractivity contribution is -0.240. The molecule has 2 saturated heterocycles. The smallest absolute Gasteiger partial charge is 0.328 e. The number of aliphatic carboxylic acids is 1. The molecular weight excluding hydrogens is 635 g/mol. The third kappa shape index (κ3) is 6.17. The van der Waals surface area contributed by atoms with Gasteiger partial charge in [-0.2, -0.15) is 0 Å². The second kappa shape index (κ2) is 13.1. The molecule has 9 atom stereocenters. The van der Waals surface area contributed by atoms with E-state index in [1.807, 2.05) is 4.90 Å². The van der Waals surface area contributed by atoms with E-state index >= 15 is 0 Å². The number of likely N-dealkylation sites (tertiary alicyclic amines) is 1. The maximum absolute atomic E-state index is 13.3. The summed E-state index contributed by atoms with van der Waals surface area (Å²) in [6, 6.07) is 0. The Morgan fingerprint density at radius 3 is 2.27 bits per heavy atom. The number of carboxylic acids is 1. The summed E-state index contributed by atoms with van der Waals surface area (Å²) in [7, 11) is -2.84. The minimum Gasteiger partial charge on any atom is -0.478 e. The molecule has 8 nitrogen and oxygen atoms in total. The van der Waals surface area contributed by atoms with Crippen LogP contribution in [0.2, 0.25) is 0 Å². The molecule has 0 spiro atoms. The highest BCUT2D eigenvalue weighted by Crippen LogP contribution is 2.76. The van der Waals surface area contributed by atoms with Crippen LogP contribution in [0.3, 0.4) is 0 Å². The lowest BCUT2D eigenvalue weighted by Crippen LogP contribution is -2.70. The van der Waals surface area contributed by atoms with Gasteiger partial charge in [0, 0.05) is 43.9 Å². The predicted molar refractivity (Wildman–Crippen MR) is 196 cm³/mol. The van der Waals surface area contributed by atoms with Crippen molar-refractivity contribution in [2.75, 3.05) is 50.8 Å². The van der Waals surface area contributed by atoms with Gasteiger partial charge in [-0.15, -0.1) is 0 Å². The Kier molecular flexibility index (Phi) is 9.87. The summed E-state index contributed by atoms with van der Waals surface area (Å²) in [5.74, 6) is 2.25. The third-order valence-corrected chi connectivity index (χ3v) is 17.9. The zero-order valence-corrected chi connectivity index (χ0v) is 32.2. The lowest BCUT2D eigenvalue weighted by atomic mass is 9.33. The number of carbonyl (C=O) groups is 2. The maximum atomic E-state index is 13.3. The van der Waals surface area contributed by atoms with Gasteiger partial charge in [-0.05, 0) is 149 Å². The average molecular weight is 700 g/mol. The molecule has 2 N–H and O–H groups in total. The normalized spacial score (nSPS) is 42.9. The topological polar surface area (TPSA) is 107 Å². The molecule has 6 rings (SSSR count). The van der Waals surface area contributed by atoms with Crippen molar-refractivity contribution in [3.8, 4) is 0 Å². The number of nitrogens with zero attached hydrogens (tertiary/aromatic N) is 2.